The predicted octanol–water partition coefficient (Wildman–Crippen LogP) is 2.12. The Bertz CT molecular complexity index is 603. The van der Waals surface area contributed by atoms with E-state index in [-0.39, 0.29) is 10.9 Å². The van der Waals surface area contributed by atoms with Gasteiger partial charge in [0.05, 0.1) is 4.90 Å². The molecule has 0 radical (unpaired) electrons. The van der Waals surface area contributed by atoms with Crippen LogP contribution in [0.25, 0.3) is 0 Å². The molecule has 0 bridgehead atoms. The number of nitrogens with zero attached hydrogens (tertiary/aromatic N) is 1. The standard InChI is InChI=1S/C15H21NO4S/c1-11(2)9-12-3-7-14(8-4-12)21(19,20)16(10-15(17)18)13-5-6-13/h3-4,7-8,11,13H,5-6,9-10H2,1-2H3,(H,17,18). The molecule has 0 spiro atoms. The number of aliphatic carboxylic acids is 1. The van der Waals surface area contributed by atoms with Crippen molar-refractivity contribution in [2.75, 3.05) is 6.54 Å². The van der Waals surface area contributed by atoms with Gasteiger partial charge in [-0.1, -0.05) is 26.0 Å². The van der Waals surface area contributed by atoms with Crippen LogP contribution in [0.2, 0.25) is 0 Å². The van der Waals surface area contributed by atoms with E-state index >= 15 is 0 Å². The molecule has 1 aliphatic carbocycles. The topological polar surface area (TPSA) is 74.7 Å². The van der Waals surface area contributed by atoms with Gasteiger partial charge in [-0.05, 0) is 42.9 Å². The molecule has 1 aliphatic rings. The van der Waals surface area contributed by atoms with Crippen molar-refractivity contribution in [1.82, 2.24) is 4.31 Å². The third-order valence-electron chi connectivity index (χ3n) is 3.42. The average molecular weight is 311 g/mol. The zero-order valence-electron chi connectivity index (χ0n) is 12.3. The molecule has 2 rings (SSSR count). The van der Waals surface area contributed by atoms with Crippen molar-refractivity contribution in [3.63, 3.8) is 0 Å². The lowest BCUT2D eigenvalue weighted by Gasteiger charge is -2.20. The number of carboxylic acids is 1. The van der Waals surface area contributed by atoms with Gasteiger partial charge < -0.3 is 5.11 Å². The summed E-state index contributed by atoms with van der Waals surface area (Å²) in [4.78, 5) is 11.1. The van der Waals surface area contributed by atoms with Gasteiger partial charge in [-0.3, -0.25) is 4.79 Å². The third-order valence-corrected chi connectivity index (χ3v) is 5.33. The maximum absolute atomic E-state index is 12.5. The molecule has 6 heteroatoms. The summed E-state index contributed by atoms with van der Waals surface area (Å²) >= 11 is 0. The highest BCUT2D eigenvalue weighted by atomic mass is 32.2. The molecular weight excluding hydrogens is 290 g/mol. The maximum Gasteiger partial charge on any atom is 0.318 e. The first-order valence-electron chi connectivity index (χ1n) is 7.13. The van der Waals surface area contributed by atoms with Crippen LogP contribution in [0.4, 0.5) is 0 Å². The van der Waals surface area contributed by atoms with E-state index in [0.29, 0.717) is 5.92 Å². The molecule has 1 saturated carbocycles. The quantitative estimate of drug-likeness (QED) is 0.837. The SMILES string of the molecule is CC(C)Cc1ccc(S(=O)(=O)N(CC(=O)O)C2CC2)cc1. The molecule has 1 aromatic rings. The Labute approximate surface area is 125 Å². The smallest absolute Gasteiger partial charge is 0.318 e. The highest BCUT2D eigenvalue weighted by Crippen LogP contribution is 2.31. The van der Waals surface area contributed by atoms with Crippen LogP contribution < -0.4 is 0 Å². The summed E-state index contributed by atoms with van der Waals surface area (Å²) in [6.45, 7) is 3.74. The van der Waals surface area contributed by atoms with Crippen LogP contribution in [0.3, 0.4) is 0 Å². The van der Waals surface area contributed by atoms with Crippen LogP contribution in [-0.2, 0) is 21.2 Å². The summed E-state index contributed by atoms with van der Waals surface area (Å²) < 4.78 is 26.2. The van der Waals surface area contributed by atoms with Crippen molar-refractivity contribution < 1.29 is 18.3 Å². The van der Waals surface area contributed by atoms with E-state index < -0.39 is 22.5 Å². The number of rotatable bonds is 7. The van der Waals surface area contributed by atoms with Gasteiger partial charge in [-0.15, -0.1) is 0 Å². The zero-order chi connectivity index (χ0) is 15.6. The minimum Gasteiger partial charge on any atom is -0.480 e. The highest BCUT2D eigenvalue weighted by Gasteiger charge is 2.39. The van der Waals surface area contributed by atoms with E-state index in [1.54, 1.807) is 24.3 Å². The second kappa shape index (κ2) is 6.15. The maximum atomic E-state index is 12.5. The molecule has 0 unspecified atom stereocenters. The van der Waals surface area contributed by atoms with Crippen molar-refractivity contribution in [3.05, 3.63) is 29.8 Å². The van der Waals surface area contributed by atoms with Gasteiger partial charge in [-0.2, -0.15) is 4.31 Å². The fraction of sp³-hybridized carbons (Fsp3) is 0.533. The van der Waals surface area contributed by atoms with E-state index in [2.05, 4.69) is 13.8 Å². The Kier molecular flexibility index (Phi) is 4.68. The van der Waals surface area contributed by atoms with Crippen LogP contribution in [0.1, 0.15) is 32.3 Å². The summed E-state index contributed by atoms with van der Waals surface area (Å²) in [6.07, 6.45) is 2.36. The molecule has 1 fully saturated rings. The van der Waals surface area contributed by atoms with Gasteiger partial charge in [0.25, 0.3) is 0 Å². The Morgan fingerprint density at radius 2 is 1.86 bits per heavy atom. The number of carbonyl (C=O) groups is 1. The van der Waals surface area contributed by atoms with Crippen molar-refractivity contribution in [2.24, 2.45) is 5.92 Å². The van der Waals surface area contributed by atoms with Crippen LogP contribution in [0.15, 0.2) is 29.2 Å². The molecule has 21 heavy (non-hydrogen) atoms. The lowest BCUT2D eigenvalue weighted by atomic mass is 10.0. The third kappa shape index (κ3) is 4.04. The average Bonchev–Trinajstić information content (AvgIpc) is 3.19. The van der Waals surface area contributed by atoms with Crippen LogP contribution in [0.5, 0.6) is 0 Å². The Hall–Kier alpha value is -1.40. The number of carboxylic acid groups (broad SMARTS) is 1. The van der Waals surface area contributed by atoms with E-state index in [0.717, 1.165) is 29.1 Å². The van der Waals surface area contributed by atoms with Gasteiger partial charge in [0.15, 0.2) is 0 Å². The van der Waals surface area contributed by atoms with Gasteiger partial charge in [0, 0.05) is 6.04 Å². The van der Waals surface area contributed by atoms with Gasteiger partial charge >= 0.3 is 5.97 Å². The van der Waals surface area contributed by atoms with Crippen molar-refractivity contribution in [3.8, 4) is 0 Å². The van der Waals surface area contributed by atoms with Gasteiger partial charge in [0.1, 0.15) is 6.54 Å². The van der Waals surface area contributed by atoms with E-state index in [4.69, 9.17) is 5.11 Å². The molecule has 5 nitrogen and oxygen atoms in total. The van der Waals surface area contributed by atoms with E-state index in [1.807, 2.05) is 0 Å². The largest absolute Gasteiger partial charge is 0.480 e. The number of sulfonamides is 1. The van der Waals surface area contributed by atoms with Crippen molar-refractivity contribution in [1.29, 1.82) is 0 Å². The first kappa shape index (κ1) is 16.0. The number of benzene rings is 1. The Balaban J connectivity index is 2.23. The Morgan fingerprint density at radius 3 is 2.29 bits per heavy atom. The normalized spacial score (nSPS) is 15.6. The molecular formula is C15H21NO4S. The fourth-order valence-corrected chi connectivity index (χ4v) is 3.94. The summed E-state index contributed by atoms with van der Waals surface area (Å²) in [5, 5.41) is 8.91. The minimum absolute atomic E-state index is 0.165. The molecule has 1 N–H and O–H groups in total. The van der Waals surface area contributed by atoms with Crippen molar-refractivity contribution in [2.45, 2.75) is 44.0 Å². The zero-order valence-corrected chi connectivity index (χ0v) is 13.1. The summed E-state index contributed by atoms with van der Waals surface area (Å²) in [5.41, 5.74) is 1.08. The molecule has 116 valence electrons. The first-order chi connectivity index (χ1) is 9.80. The van der Waals surface area contributed by atoms with Gasteiger partial charge in [0.2, 0.25) is 10.0 Å². The molecule has 0 amide bonds. The minimum atomic E-state index is -3.73. The van der Waals surface area contributed by atoms with Crippen LogP contribution in [-0.4, -0.2) is 36.4 Å². The monoisotopic (exact) mass is 311 g/mol. The second-order valence-electron chi connectivity index (χ2n) is 5.92. The van der Waals surface area contributed by atoms with Crippen LogP contribution in [0, 0.1) is 5.92 Å². The molecule has 1 aromatic carbocycles. The number of hydrogen-bond acceptors (Lipinski definition) is 3. The Morgan fingerprint density at radius 1 is 1.29 bits per heavy atom. The van der Waals surface area contributed by atoms with Crippen LogP contribution >= 0.6 is 0 Å². The summed E-state index contributed by atoms with van der Waals surface area (Å²) in [7, 11) is -3.73. The first-order valence-corrected chi connectivity index (χ1v) is 8.57. The van der Waals surface area contributed by atoms with Gasteiger partial charge in [-0.25, -0.2) is 8.42 Å². The lowest BCUT2D eigenvalue weighted by Crippen LogP contribution is -2.37. The number of hydrogen-bond donors (Lipinski definition) is 1. The molecule has 0 heterocycles. The molecule has 0 aliphatic heterocycles. The predicted molar refractivity (Wildman–Crippen MR) is 79.5 cm³/mol. The molecule has 0 atom stereocenters. The second-order valence-corrected chi connectivity index (χ2v) is 7.81. The van der Waals surface area contributed by atoms with E-state index in [9.17, 15) is 13.2 Å². The molecule has 0 aromatic heterocycles. The fourth-order valence-electron chi connectivity index (χ4n) is 2.31. The van der Waals surface area contributed by atoms with E-state index in [1.165, 1.54) is 0 Å². The highest BCUT2D eigenvalue weighted by molar-refractivity contribution is 7.89. The lowest BCUT2D eigenvalue weighted by molar-refractivity contribution is -0.137. The summed E-state index contributed by atoms with van der Waals surface area (Å²) in [6, 6.07) is 6.59. The van der Waals surface area contributed by atoms with Crippen molar-refractivity contribution >= 4 is 16.0 Å². The molecule has 0 saturated heterocycles. The summed E-state index contributed by atoms with van der Waals surface area (Å²) in [5.74, 6) is -0.621.